The fraction of sp³-hybridized carbons (Fsp3) is 0.958. The number of nitrogens with one attached hydrogen (secondary N) is 1. The lowest BCUT2D eigenvalue weighted by atomic mass is 10.0. The topological polar surface area (TPSA) is 83.5 Å². The fourth-order valence-corrected chi connectivity index (χ4v) is 4.60. The molecule has 0 saturated heterocycles. The van der Waals surface area contributed by atoms with E-state index in [1.54, 1.807) is 0 Å². The minimum Gasteiger partial charge on any atom is -0.356 e. The van der Waals surface area contributed by atoms with Gasteiger partial charge in [0.1, 0.15) is 5.25 Å². The monoisotopic (exact) mass is 463 g/mol. The van der Waals surface area contributed by atoms with Crippen molar-refractivity contribution in [3.8, 4) is 0 Å². The SMILES string of the molecule is CCCCCCCCCCCCCCCC(=O)NCCC[N+](C)(C)CC(C)S(=O)(=O)O. The van der Waals surface area contributed by atoms with Crippen LogP contribution in [0, 0.1) is 0 Å². The van der Waals surface area contributed by atoms with Crippen LogP contribution in [0.2, 0.25) is 0 Å². The van der Waals surface area contributed by atoms with E-state index in [1.807, 2.05) is 14.1 Å². The fourth-order valence-electron chi connectivity index (χ4n) is 4.01. The van der Waals surface area contributed by atoms with Crippen LogP contribution in [0.4, 0.5) is 0 Å². The molecule has 0 radical (unpaired) electrons. The van der Waals surface area contributed by atoms with Crippen molar-refractivity contribution in [2.24, 2.45) is 0 Å². The van der Waals surface area contributed by atoms with Crippen molar-refractivity contribution in [1.82, 2.24) is 5.32 Å². The molecule has 6 nitrogen and oxygen atoms in total. The van der Waals surface area contributed by atoms with Gasteiger partial charge in [0.2, 0.25) is 5.91 Å². The lowest BCUT2D eigenvalue weighted by molar-refractivity contribution is -0.889. The summed E-state index contributed by atoms with van der Waals surface area (Å²) in [5, 5.41) is 2.18. The van der Waals surface area contributed by atoms with Crippen molar-refractivity contribution in [3.63, 3.8) is 0 Å². The van der Waals surface area contributed by atoms with E-state index < -0.39 is 15.4 Å². The Kier molecular flexibility index (Phi) is 17.5. The average molecular weight is 464 g/mol. The number of quaternary nitrogens is 1. The number of carbonyl (C=O) groups is 1. The molecule has 0 fully saturated rings. The van der Waals surface area contributed by atoms with E-state index in [4.69, 9.17) is 4.55 Å². The maximum absolute atomic E-state index is 11.9. The van der Waals surface area contributed by atoms with Crippen molar-refractivity contribution in [1.29, 1.82) is 0 Å². The summed E-state index contributed by atoms with van der Waals surface area (Å²) >= 11 is 0. The predicted molar refractivity (Wildman–Crippen MR) is 131 cm³/mol. The van der Waals surface area contributed by atoms with Gasteiger partial charge in [-0.3, -0.25) is 9.35 Å². The normalized spacial score (nSPS) is 13.3. The first kappa shape index (κ1) is 30.3. The molecule has 0 rings (SSSR count). The first-order chi connectivity index (χ1) is 14.6. The zero-order valence-electron chi connectivity index (χ0n) is 20.8. The molecule has 31 heavy (non-hydrogen) atoms. The molecule has 0 aromatic carbocycles. The highest BCUT2D eigenvalue weighted by Crippen LogP contribution is 2.13. The molecule has 0 saturated carbocycles. The first-order valence-electron chi connectivity index (χ1n) is 12.6. The molecule has 1 atom stereocenters. The summed E-state index contributed by atoms with van der Waals surface area (Å²) in [7, 11) is -0.110. The van der Waals surface area contributed by atoms with E-state index in [2.05, 4.69) is 12.2 Å². The molecule has 1 amide bonds. The van der Waals surface area contributed by atoms with Crippen LogP contribution in [-0.4, -0.2) is 62.3 Å². The van der Waals surface area contributed by atoms with E-state index in [0.29, 0.717) is 24.0 Å². The van der Waals surface area contributed by atoms with Gasteiger partial charge in [-0.2, -0.15) is 8.42 Å². The average Bonchev–Trinajstić information content (AvgIpc) is 2.68. The number of unbranched alkanes of at least 4 members (excludes halogenated alkanes) is 12. The van der Waals surface area contributed by atoms with Crippen LogP contribution in [0.5, 0.6) is 0 Å². The molecular formula is C24H51N2O4S+. The smallest absolute Gasteiger partial charge is 0.273 e. The Morgan fingerprint density at radius 2 is 1.29 bits per heavy atom. The van der Waals surface area contributed by atoms with Crippen LogP contribution in [-0.2, 0) is 14.9 Å². The largest absolute Gasteiger partial charge is 0.356 e. The Hall–Kier alpha value is -0.660. The molecule has 0 bridgehead atoms. The van der Waals surface area contributed by atoms with Gasteiger partial charge in [-0.15, -0.1) is 0 Å². The Morgan fingerprint density at radius 1 is 0.839 bits per heavy atom. The second kappa shape index (κ2) is 17.8. The van der Waals surface area contributed by atoms with Crippen LogP contribution >= 0.6 is 0 Å². The Morgan fingerprint density at radius 3 is 1.74 bits per heavy atom. The highest BCUT2D eigenvalue weighted by atomic mass is 32.2. The van der Waals surface area contributed by atoms with Crippen molar-refractivity contribution < 1.29 is 22.2 Å². The summed E-state index contributed by atoms with van der Waals surface area (Å²) in [5.74, 6) is 0.111. The quantitative estimate of drug-likeness (QED) is 0.137. The lowest BCUT2D eigenvalue weighted by Crippen LogP contribution is -2.47. The summed E-state index contributed by atoms with van der Waals surface area (Å²) in [4.78, 5) is 11.9. The molecule has 0 heterocycles. The molecule has 0 aliphatic rings. The van der Waals surface area contributed by atoms with Crippen LogP contribution in [0.1, 0.15) is 110 Å². The Labute approximate surface area is 192 Å². The van der Waals surface area contributed by atoms with Crippen LogP contribution in [0.15, 0.2) is 0 Å². The molecule has 0 aromatic heterocycles. The van der Waals surface area contributed by atoms with Crippen LogP contribution < -0.4 is 5.32 Å². The van der Waals surface area contributed by atoms with Gasteiger partial charge in [0.25, 0.3) is 10.1 Å². The van der Waals surface area contributed by atoms with Crippen molar-refractivity contribution in [2.45, 2.75) is 115 Å². The van der Waals surface area contributed by atoms with E-state index in [9.17, 15) is 13.2 Å². The zero-order valence-corrected chi connectivity index (χ0v) is 21.6. The third-order valence-electron chi connectivity index (χ3n) is 6.03. The summed E-state index contributed by atoms with van der Waals surface area (Å²) in [6, 6.07) is 0. The van der Waals surface area contributed by atoms with Gasteiger partial charge in [-0.25, -0.2) is 0 Å². The van der Waals surface area contributed by atoms with Gasteiger partial charge < -0.3 is 9.80 Å². The predicted octanol–water partition coefficient (Wildman–Crippen LogP) is 5.33. The van der Waals surface area contributed by atoms with Crippen LogP contribution in [0.25, 0.3) is 0 Å². The maximum atomic E-state index is 11.9. The standard InChI is InChI=1S/C24H50N2O4S/c1-5-6-7-8-9-10-11-12-13-14-15-16-17-19-24(27)25-20-18-21-26(3,4)22-23(2)31(28,29)30/h23H,5-22H2,1-4H3,(H-,25,27,28,29,30)/p+1. The number of nitrogens with zero attached hydrogens (tertiary/aromatic N) is 1. The van der Waals surface area contributed by atoms with Crippen molar-refractivity contribution in [3.05, 3.63) is 0 Å². The molecule has 1 unspecified atom stereocenters. The van der Waals surface area contributed by atoms with Gasteiger partial charge in [-0.1, -0.05) is 84.0 Å². The highest BCUT2D eigenvalue weighted by molar-refractivity contribution is 7.86. The Bertz CT molecular complexity index is 550. The third kappa shape index (κ3) is 19.7. The molecular weight excluding hydrogens is 412 g/mol. The van der Waals surface area contributed by atoms with Gasteiger partial charge in [-0.05, 0) is 13.3 Å². The molecule has 0 aliphatic heterocycles. The summed E-state index contributed by atoms with van der Waals surface area (Å²) in [5.41, 5.74) is 0. The van der Waals surface area contributed by atoms with E-state index in [-0.39, 0.29) is 5.91 Å². The van der Waals surface area contributed by atoms with Gasteiger partial charge in [0.15, 0.2) is 0 Å². The van der Waals surface area contributed by atoms with E-state index >= 15 is 0 Å². The van der Waals surface area contributed by atoms with E-state index in [1.165, 1.54) is 77.6 Å². The Balaban J connectivity index is 3.53. The van der Waals surface area contributed by atoms with Gasteiger partial charge in [0, 0.05) is 19.4 Å². The molecule has 7 heteroatoms. The number of hydrogen-bond acceptors (Lipinski definition) is 3. The van der Waals surface area contributed by atoms with Crippen molar-refractivity contribution in [2.75, 3.05) is 33.7 Å². The summed E-state index contributed by atoms with van der Waals surface area (Å²) in [6.45, 7) is 5.49. The number of amides is 1. The number of rotatable bonds is 21. The number of hydrogen-bond donors (Lipinski definition) is 2. The van der Waals surface area contributed by atoms with E-state index in [0.717, 1.165) is 25.8 Å². The van der Waals surface area contributed by atoms with Crippen molar-refractivity contribution >= 4 is 16.0 Å². The maximum Gasteiger partial charge on any atom is 0.273 e. The first-order valence-corrected chi connectivity index (χ1v) is 14.1. The molecule has 186 valence electrons. The molecule has 0 aromatic rings. The lowest BCUT2D eigenvalue weighted by Gasteiger charge is -2.31. The molecule has 0 aliphatic carbocycles. The van der Waals surface area contributed by atoms with Gasteiger partial charge in [0.05, 0.1) is 27.2 Å². The molecule has 2 N–H and O–H groups in total. The highest BCUT2D eigenvalue weighted by Gasteiger charge is 2.26. The van der Waals surface area contributed by atoms with Gasteiger partial charge >= 0.3 is 0 Å². The summed E-state index contributed by atoms with van der Waals surface area (Å²) < 4.78 is 32.0. The molecule has 0 spiro atoms. The zero-order chi connectivity index (χ0) is 23.6. The minimum absolute atomic E-state index is 0.111. The van der Waals surface area contributed by atoms with Crippen LogP contribution in [0.3, 0.4) is 0 Å². The second-order valence-electron chi connectivity index (χ2n) is 9.86. The summed E-state index contributed by atoms with van der Waals surface area (Å²) in [6.07, 6.45) is 18.3. The minimum atomic E-state index is -3.99. The number of carbonyl (C=O) groups excluding carboxylic acids is 1. The second-order valence-corrected chi connectivity index (χ2v) is 11.7. The third-order valence-corrected chi connectivity index (χ3v) is 7.20.